The maximum absolute atomic E-state index is 13.2. The zero-order valence-corrected chi connectivity index (χ0v) is 9.16. The Morgan fingerprint density at radius 1 is 1.44 bits per heavy atom. The molecule has 0 aliphatic carbocycles. The van der Waals surface area contributed by atoms with Crippen LogP contribution in [0.2, 0.25) is 0 Å². The summed E-state index contributed by atoms with van der Waals surface area (Å²) in [6.07, 6.45) is 3.04. The Labute approximate surface area is 93.9 Å². The van der Waals surface area contributed by atoms with Crippen LogP contribution in [0.3, 0.4) is 0 Å². The van der Waals surface area contributed by atoms with Gasteiger partial charge in [0.2, 0.25) is 0 Å². The summed E-state index contributed by atoms with van der Waals surface area (Å²) < 4.78 is 18.4. The zero-order valence-electron chi connectivity index (χ0n) is 9.16. The van der Waals surface area contributed by atoms with Crippen molar-refractivity contribution in [1.29, 1.82) is 0 Å². The summed E-state index contributed by atoms with van der Waals surface area (Å²) in [6.45, 7) is 2.59. The molecule has 1 aromatic rings. The molecule has 0 heterocycles. The molecule has 0 unspecified atom stereocenters. The Morgan fingerprint density at radius 3 is 2.75 bits per heavy atom. The number of unbranched alkanes of at least 4 members (excludes halogenated alkanes) is 2. The van der Waals surface area contributed by atoms with Gasteiger partial charge in [0.1, 0.15) is 11.6 Å². The van der Waals surface area contributed by atoms with Crippen molar-refractivity contribution in [3.05, 3.63) is 29.6 Å². The van der Waals surface area contributed by atoms with Gasteiger partial charge in [-0.2, -0.15) is 0 Å². The van der Waals surface area contributed by atoms with Crippen LogP contribution >= 0.6 is 0 Å². The third kappa shape index (κ3) is 3.53. The summed E-state index contributed by atoms with van der Waals surface area (Å²) in [7, 11) is 0. The minimum Gasteiger partial charge on any atom is -0.545 e. The second-order valence-electron chi connectivity index (χ2n) is 3.48. The van der Waals surface area contributed by atoms with Crippen LogP contribution in [0.1, 0.15) is 36.5 Å². The first kappa shape index (κ1) is 12.5. The fraction of sp³-hybridized carbons (Fsp3) is 0.417. The van der Waals surface area contributed by atoms with Crippen LogP contribution in [0.5, 0.6) is 5.75 Å². The van der Waals surface area contributed by atoms with Crippen LogP contribution in [-0.4, -0.2) is 12.6 Å². The second-order valence-corrected chi connectivity index (χ2v) is 3.48. The van der Waals surface area contributed by atoms with E-state index in [1.54, 1.807) is 0 Å². The van der Waals surface area contributed by atoms with Gasteiger partial charge in [0.25, 0.3) is 0 Å². The molecule has 0 aliphatic rings. The van der Waals surface area contributed by atoms with E-state index in [0.717, 1.165) is 31.4 Å². The normalized spacial score (nSPS) is 10.1. The van der Waals surface area contributed by atoms with E-state index in [4.69, 9.17) is 4.74 Å². The van der Waals surface area contributed by atoms with Crippen LogP contribution in [0.15, 0.2) is 18.2 Å². The highest BCUT2D eigenvalue weighted by atomic mass is 19.1. The quantitative estimate of drug-likeness (QED) is 0.693. The van der Waals surface area contributed by atoms with Gasteiger partial charge in [-0.25, -0.2) is 4.39 Å². The van der Waals surface area contributed by atoms with Gasteiger partial charge in [0, 0.05) is 11.6 Å². The van der Waals surface area contributed by atoms with Crippen LogP contribution in [0.4, 0.5) is 4.39 Å². The molecule has 0 aromatic heterocycles. The second kappa shape index (κ2) is 6.10. The van der Waals surface area contributed by atoms with Crippen molar-refractivity contribution >= 4 is 5.97 Å². The minimum atomic E-state index is -1.52. The number of halogens is 1. The van der Waals surface area contributed by atoms with Gasteiger partial charge >= 0.3 is 0 Å². The molecule has 0 amide bonds. The predicted octanol–water partition coefficient (Wildman–Crippen LogP) is 1.76. The van der Waals surface area contributed by atoms with E-state index in [9.17, 15) is 14.3 Å². The maximum Gasteiger partial charge on any atom is 0.135 e. The van der Waals surface area contributed by atoms with Crippen LogP contribution in [0.25, 0.3) is 0 Å². The molecule has 0 fully saturated rings. The molecule has 1 aromatic carbocycles. The molecular weight excluding hydrogens is 211 g/mol. The minimum absolute atomic E-state index is 0.346. The van der Waals surface area contributed by atoms with E-state index < -0.39 is 17.3 Å². The lowest BCUT2D eigenvalue weighted by Gasteiger charge is -2.08. The standard InChI is InChI=1S/C12H15FO3/c1-2-3-4-7-16-9-5-6-10(12(14)15)11(13)8-9/h5-6,8H,2-4,7H2,1H3,(H,14,15)/p-1. The SMILES string of the molecule is CCCCCOc1ccc(C(=O)[O-])c(F)c1. The van der Waals surface area contributed by atoms with E-state index >= 15 is 0 Å². The Balaban J connectivity index is 2.56. The zero-order chi connectivity index (χ0) is 12.0. The van der Waals surface area contributed by atoms with Crippen molar-refractivity contribution in [2.75, 3.05) is 6.61 Å². The molecule has 4 heteroatoms. The topological polar surface area (TPSA) is 49.4 Å². The summed E-state index contributed by atoms with van der Waals surface area (Å²) in [5.41, 5.74) is -0.444. The van der Waals surface area contributed by atoms with E-state index in [1.165, 1.54) is 6.07 Å². The number of rotatable bonds is 6. The molecule has 0 saturated carbocycles. The molecule has 0 bridgehead atoms. The molecule has 1 rings (SSSR count). The molecule has 88 valence electrons. The van der Waals surface area contributed by atoms with Gasteiger partial charge in [-0.1, -0.05) is 19.8 Å². The average Bonchev–Trinajstić information content (AvgIpc) is 2.24. The van der Waals surface area contributed by atoms with Gasteiger partial charge in [0.15, 0.2) is 0 Å². The highest BCUT2D eigenvalue weighted by Crippen LogP contribution is 2.16. The Bertz CT molecular complexity index is 363. The third-order valence-corrected chi connectivity index (χ3v) is 2.18. The lowest BCUT2D eigenvalue weighted by atomic mass is 10.2. The number of benzene rings is 1. The van der Waals surface area contributed by atoms with Gasteiger partial charge in [-0.15, -0.1) is 0 Å². The highest BCUT2D eigenvalue weighted by molar-refractivity contribution is 5.86. The molecule has 0 aliphatic heterocycles. The maximum atomic E-state index is 13.2. The number of hydrogen-bond donors (Lipinski definition) is 0. The molecule has 3 nitrogen and oxygen atoms in total. The lowest BCUT2D eigenvalue weighted by molar-refractivity contribution is -0.255. The Morgan fingerprint density at radius 2 is 2.19 bits per heavy atom. The first-order chi connectivity index (χ1) is 7.65. The van der Waals surface area contributed by atoms with E-state index in [0.29, 0.717) is 12.4 Å². The number of carbonyl (C=O) groups is 1. The number of ether oxygens (including phenoxy) is 1. The summed E-state index contributed by atoms with van der Waals surface area (Å²) in [5.74, 6) is -2.00. The fourth-order valence-corrected chi connectivity index (χ4v) is 1.29. The van der Waals surface area contributed by atoms with Gasteiger partial charge in [-0.3, -0.25) is 0 Å². The van der Waals surface area contributed by atoms with Crippen molar-refractivity contribution in [1.82, 2.24) is 0 Å². The van der Waals surface area contributed by atoms with Crippen LogP contribution in [0, 0.1) is 5.82 Å². The van der Waals surface area contributed by atoms with Crippen LogP contribution in [-0.2, 0) is 0 Å². The molecule has 0 atom stereocenters. The fourth-order valence-electron chi connectivity index (χ4n) is 1.29. The smallest absolute Gasteiger partial charge is 0.135 e. The number of carboxylic acids is 1. The molecule has 0 spiro atoms. The average molecular weight is 225 g/mol. The van der Waals surface area contributed by atoms with E-state index in [-0.39, 0.29) is 0 Å². The molecule has 0 radical (unpaired) electrons. The van der Waals surface area contributed by atoms with E-state index in [2.05, 4.69) is 6.92 Å². The number of aromatic carboxylic acids is 1. The van der Waals surface area contributed by atoms with Gasteiger partial charge in [-0.05, 0) is 18.6 Å². The van der Waals surface area contributed by atoms with Crippen LogP contribution < -0.4 is 9.84 Å². The van der Waals surface area contributed by atoms with Crippen molar-refractivity contribution in [2.24, 2.45) is 0 Å². The van der Waals surface area contributed by atoms with Gasteiger partial charge in [0.05, 0.1) is 12.6 Å². The first-order valence-corrected chi connectivity index (χ1v) is 5.29. The summed E-state index contributed by atoms with van der Waals surface area (Å²) in [5, 5.41) is 10.4. The van der Waals surface area contributed by atoms with Crippen molar-refractivity contribution < 1.29 is 19.0 Å². The summed E-state index contributed by atoms with van der Waals surface area (Å²) in [6, 6.07) is 3.65. The number of carbonyl (C=O) groups excluding carboxylic acids is 1. The van der Waals surface area contributed by atoms with Crippen molar-refractivity contribution in [3.63, 3.8) is 0 Å². The Kier molecular flexibility index (Phi) is 4.76. The molecule has 0 N–H and O–H groups in total. The highest BCUT2D eigenvalue weighted by Gasteiger charge is 2.04. The molecular formula is C12H14FO3-. The summed E-state index contributed by atoms with van der Waals surface area (Å²) in [4.78, 5) is 10.4. The number of hydrogen-bond acceptors (Lipinski definition) is 3. The molecule has 0 saturated heterocycles. The van der Waals surface area contributed by atoms with Crippen molar-refractivity contribution in [2.45, 2.75) is 26.2 Å². The summed E-state index contributed by atoms with van der Waals surface area (Å²) >= 11 is 0. The van der Waals surface area contributed by atoms with Gasteiger partial charge < -0.3 is 14.6 Å². The molecule has 16 heavy (non-hydrogen) atoms. The Hall–Kier alpha value is -1.58. The van der Waals surface area contributed by atoms with Crippen molar-refractivity contribution in [3.8, 4) is 5.75 Å². The number of carboxylic acid groups (broad SMARTS) is 1. The lowest BCUT2D eigenvalue weighted by Crippen LogP contribution is -2.23. The monoisotopic (exact) mass is 225 g/mol. The predicted molar refractivity (Wildman–Crippen MR) is 55.8 cm³/mol. The largest absolute Gasteiger partial charge is 0.545 e. The third-order valence-electron chi connectivity index (χ3n) is 2.18. The first-order valence-electron chi connectivity index (χ1n) is 5.29. The van der Waals surface area contributed by atoms with E-state index in [1.807, 2.05) is 0 Å².